The molecule has 88 valence electrons. The molecule has 0 saturated heterocycles. The predicted octanol–water partition coefficient (Wildman–Crippen LogP) is 3.85. The Hall–Kier alpha value is -0.530. The van der Waals surface area contributed by atoms with Crippen molar-refractivity contribution in [3.63, 3.8) is 0 Å². The summed E-state index contributed by atoms with van der Waals surface area (Å²) in [5.74, 6) is 1.04. The van der Waals surface area contributed by atoms with Crippen molar-refractivity contribution in [1.82, 2.24) is 0 Å². The van der Waals surface area contributed by atoms with Gasteiger partial charge in [0.2, 0.25) is 0 Å². The van der Waals surface area contributed by atoms with Crippen LogP contribution in [0.4, 0.5) is 0 Å². The number of carboxylic acids is 1. The second-order valence-corrected chi connectivity index (χ2v) is 5.12. The fourth-order valence-corrected chi connectivity index (χ4v) is 2.57. The maximum Gasteiger partial charge on any atom is 0.303 e. The molecule has 2 nitrogen and oxygen atoms in total. The quantitative estimate of drug-likeness (QED) is 0.696. The van der Waals surface area contributed by atoms with E-state index in [0.717, 1.165) is 18.8 Å². The SMILES string of the molecule is CC(CCCC(=O)O)CCC1CCCC1. The monoisotopic (exact) mass is 212 g/mol. The van der Waals surface area contributed by atoms with Crippen LogP contribution < -0.4 is 0 Å². The van der Waals surface area contributed by atoms with Crippen molar-refractivity contribution >= 4 is 5.97 Å². The fraction of sp³-hybridized carbons (Fsp3) is 0.923. The first-order valence-corrected chi connectivity index (χ1v) is 6.40. The van der Waals surface area contributed by atoms with Crippen LogP contribution in [0.1, 0.15) is 64.7 Å². The van der Waals surface area contributed by atoms with Gasteiger partial charge in [-0.05, 0) is 18.3 Å². The molecular weight excluding hydrogens is 188 g/mol. The van der Waals surface area contributed by atoms with Gasteiger partial charge in [0.05, 0.1) is 0 Å². The van der Waals surface area contributed by atoms with Crippen LogP contribution in [0.15, 0.2) is 0 Å². The molecule has 0 aromatic carbocycles. The van der Waals surface area contributed by atoms with Crippen molar-refractivity contribution in [2.45, 2.75) is 64.7 Å². The van der Waals surface area contributed by atoms with Gasteiger partial charge in [-0.3, -0.25) is 4.79 Å². The highest BCUT2D eigenvalue weighted by atomic mass is 16.4. The van der Waals surface area contributed by atoms with Crippen molar-refractivity contribution in [3.05, 3.63) is 0 Å². The van der Waals surface area contributed by atoms with Gasteiger partial charge < -0.3 is 5.11 Å². The smallest absolute Gasteiger partial charge is 0.303 e. The maximum atomic E-state index is 10.3. The number of hydrogen-bond donors (Lipinski definition) is 1. The molecule has 1 N–H and O–H groups in total. The zero-order valence-electron chi connectivity index (χ0n) is 9.87. The second-order valence-electron chi connectivity index (χ2n) is 5.12. The molecule has 1 atom stereocenters. The van der Waals surface area contributed by atoms with Gasteiger partial charge in [0.1, 0.15) is 0 Å². The Kier molecular flexibility index (Phi) is 5.74. The zero-order valence-corrected chi connectivity index (χ0v) is 9.87. The van der Waals surface area contributed by atoms with Gasteiger partial charge in [-0.2, -0.15) is 0 Å². The molecule has 1 aliphatic carbocycles. The molecule has 0 aromatic rings. The van der Waals surface area contributed by atoms with Gasteiger partial charge in [-0.1, -0.05) is 51.9 Å². The summed E-state index contributed by atoms with van der Waals surface area (Å²) in [7, 11) is 0. The van der Waals surface area contributed by atoms with Gasteiger partial charge in [0.15, 0.2) is 0 Å². The average molecular weight is 212 g/mol. The van der Waals surface area contributed by atoms with Crippen LogP contribution in [-0.4, -0.2) is 11.1 Å². The third-order valence-corrected chi connectivity index (χ3v) is 3.63. The van der Waals surface area contributed by atoms with Crippen LogP contribution in [0.2, 0.25) is 0 Å². The molecule has 0 bridgehead atoms. The largest absolute Gasteiger partial charge is 0.481 e. The van der Waals surface area contributed by atoms with Gasteiger partial charge in [0, 0.05) is 6.42 Å². The molecular formula is C13H24O2. The molecule has 1 saturated carbocycles. The van der Waals surface area contributed by atoms with E-state index in [1.165, 1.54) is 38.5 Å². The van der Waals surface area contributed by atoms with E-state index < -0.39 is 5.97 Å². The summed E-state index contributed by atoms with van der Waals surface area (Å²) in [6, 6.07) is 0. The molecule has 0 spiro atoms. The molecule has 0 aliphatic heterocycles. The minimum atomic E-state index is -0.655. The van der Waals surface area contributed by atoms with Crippen LogP contribution in [0, 0.1) is 11.8 Å². The van der Waals surface area contributed by atoms with Gasteiger partial charge >= 0.3 is 5.97 Å². The fourth-order valence-electron chi connectivity index (χ4n) is 2.57. The Labute approximate surface area is 93.1 Å². The molecule has 0 heterocycles. The summed E-state index contributed by atoms with van der Waals surface area (Å²) >= 11 is 0. The highest BCUT2D eigenvalue weighted by Gasteiger charge is 2.15. The summed E-state index contributed by atoms with van der Waals surface area (Å²) in [5.41, 5.74) is 0. The maximum absolute atomic E-state index is 10.3. The van der Waals surface area contributed by atoms with E-state index in [-0.39, 0.29) is 0 Å². The van der Waals surface area contributed by atoms with Crippen LogP contribution >= 0.6 is 0 Å². The van der Waals surface area contributed by atoms with E-state index >= 15 is 0 Å². The molecule has 0 radical (unpaired) electrons. The average Bonchev–Trinajstić information content (AvgIpc) is 2.66. The molecule has 0 aromatic heterocycles. The summed E-state index contributed by atoms with van der Waals surface area (Å²) in [6.07, 6.45) is 10.7. The van der Waals surface area contributed by atoms with Crippen LogP contribution in [-0.2, 0) is 4.79 Å². The van der Waals surface area contributed by atoms with E-state index in [1.807, 2.05) is 0 Å². The number of carbonyl (C=O) groups is 1. The molecule has 1 fully saturated rings. The zero-order chi connectivity index (χ0) is 11.1. The third-order valence-electron chi connectivity index (χ3n) is 3.63. The molecule has 2 heteroatoms. The van der Waals surface area contributed by atoms with E-state index in [0.29, 0.717) is 12.3 Å². The Morgan fingerprint density at radius 1 is 1.33 bits per heavy atom. The second kappa shape index (κ2) is 6.86. The summed E-state index contributed by atoms with van der Waals surface area (Å²) in [5, 5.41) is 8.53. The molecule has 1 aliphatic rings. The lowest BCUT2D eigenvalue weighted by Crippen LogP contribution is -2.02. The molecule has 1 unspecified atom stereocenters. The van der Waals surface area contributed by atoms with Crippen molar-refractivity contribution < 1.29 is 9.90 Å². The van der Waals surface area contributed by atoms with Crippen LogP contribution in [0.3, 0.4) is 0 Å². The van der Waals surface area contributed by atoms with Crippen LogP contribution in [0.25, 0.3) is 0 Å². The normalized spacial score (nSPS) is 19.3. The summed E-state index contributed by atoms with van der Waals surface area (Å²) in [4.78, 5) is 10.3. The van der Waals surface area contributed by atoms with E-state index in [2.05, 4.69) is 6.92 Å². The van der Waals surface area contributed by atoms with Crippen molar-refractivity contribution in [1.29, 1.82) is 0 Å². The number of rotatable bonds is 7. The Morgan fingerprint density at radius 3 is 2.60 bits per heavy atom. The van der Waals surface area contributed by atoms with E-state index in [4.69, 9.17) is 5.11 Å². The number of carboxylic acid groups (broad SMARTS) is 1. The first-order chi connectivity index (χ1) is 7.18. The Morgan fingerprint density at radius 2 is 2.00 bits per heavy atom. The minimum absolute atomic E-state index is 0.341. The van der Waals surface area contributed by atoms with E-state index in [9.17, 15) is 4.79 Å². The highest BCUT2D eigenvalue weighted by Crippen LogP contribution is 2.30. The predicted molar refractivity (Wildman–Crippen MR) is 61.8 cm³/mol. The van der Waals surface area contributed by atoms with Crippen molar-refractivity contribution in [3.8, 4) is 0 Å². The number of aliphatic carboxylic acids is 1. The highest BCUT2D eigenvalue weighted by molar-refractivity contribution is 5.66. The topological polar surface area (TPSA) is 37.3 Å². The van der Waals surface area contributed by atoms with Gasteiger partial charge in [0.25, 0.3) is 0 Å². The van der Waals surface area contributed by atoms with E-state index in [1.54, 1.807) is 0 Å². The van der Waals surface area contributed by atoms with Crippen molar-refractivity contribution in [2.24, 2.45) is 11.8 Å². The molecule has 0 amide bonds. The van der Waals surface area contributed by atoms with Crippen molar-refractivity contribution in [2.75, 3.05) is 0 Å². The first kappa shape index (κ1) is 12.5. The molecule has 15 heavy (non-hydrogen) atoms. The lowest BCUT2D eigenvalue weighted by molar-refractivity contribution is -0.137. The standard InChI is InChI=1S/C13H24O2/c1-11(5-4-8-13(14)15)9-10-12-6-2-3-7-12/h11-12H,2-10H2,1H3,(H,14,15). The first-order valence-electron chi connectivity index (χ1n) is 6.40. The Bertz CT molecular complexity index is 183. The van der Waals surface area contributed by atoms with Crippen LogP contribution in [0.5, 0.6) is 0 Å². The summed E-state index contributed by atoms with van der Waals surface area (Å²) < 4.78 is 0. The minimum Gasteiger partial charge on any atom is -0.481 e. The lowest BCUT2D eigenvalue weighted by Gasteiger charge is -2.13. The third kappa shape index (κ3) is 5.81. The Balaban J connectivity index is 1.97. The number of hydrogen-bond acceptors (Lipinski definition) is 1. The van der Waals surface area contributed by atoms with Gasteiger partial charge in [-0.15, -0.1) is 0 Å². The van der Waals surface area contributed by atoms with Gasteiger partial charge in [-0.25, -0.2) is 0 Å². The molecule has 1 rings (SSSR count). The lowest BCUT2D eigenvalue weighted by atomic mass is 9.92. The summed E-state index contributed by atoms with van der Waals surface area (Å²) in [6.45, 7) is 2.26.